The van der Waals surface area contributed by atoms with Crippen LogP contribution in [0.4, 0.5) is 0 Å². The van der Waals surface area contributed by atoms with E-state index in [0.29, 0.717) is 13.0 Å². The van der Waals surface area contributed by atoms with Crippen LogP contribution >= 0.6 is 0 Å². The maximum absolute atomic E-state index is 11.5. The van der Waals surface area contributed by atoms with E-state index >= 15 is 0 Å². The van der Waals surface area contributed by atoms with Crippen LogP contribution in [-0.2, 0) is 4.79 Å². The zero-order valence-electron chi connectivity index (χ0n) is 13.8. The van der Waals surface area contributed by atoms with Crippen molar-refractivity contribution in [3.63, 3.8) is 0 Å². The lowest BCUT2D eigenvalue weighted by Gasteiger charge is -2.44. The van der Waals surface area contributed by atoms with Crippen molar-refractivity contribution in [3.05, 3.63) is 29.8 Å². The Bertz CT molecular complexity index is 486. The number of carbonyl (C=O) groups excluding carboxylic acids is 1. The molecule has 0 heterocycles. The van der Waals surface area contributed by atoms with Gasteiger partial charge < -0.3 is 19.5 Å². The smallest absolute Gasteiger partial charge is 0.125 e. The van der Waals surface area contributed by atoms with Crippen molar-refractivity contribution in [3.8, 4) is 5.75 Å². The van der Waals surface area contributed by atoms with Crippen LogP contribution in [0.2, 0.25) is 0 Å². The maximum atomic E-state index is 11.5. The highest BCUT2D eigenvalue weighted by Gasteiger charge is 2.45. The standard InChI is InChI=1S/C18H27NO3/c1-19(2)12-17(14-7-9-16(22-3)10-8-14)18(21)11-5-4-6-15(18)13-20/h7-10,13,15,17,21H,4-6,11-12H2,1-3H3. The number of aldehydes is 1. The Morgan fingerprint density at radius 1 is 1.36 bits per heavy atom. The van der Waals surface area contributed by atoms with Crippen molar-refractivity contribution in [2.75, 3.05) is 27.7 Å². The molecule has 0 aromatic heterocycles. The number of carbonyl (C=O) groups is 1. The highest BCUT2D eigenvalue weighted by atomic mass is 16.5. The zero-order valence-corrected chi connectivity index (χ0v) is 13.8. The van der Waals surface area contributed by atoms with Gasteiger partial charge in [-0.05, 0) is 44.6 Å². The number of hydrogen-bond donors (Lipinski definition) is 1. The molecule has 0 saturated heterocycles. The molecule has 22 heavy (non-hydrogen) atoms. The topological polar surface area (TPSA) is 49.8 Å². The molecule has 0 aliphatic heterocycles. The van der Waals surface area contributed by atoms with Crippen molar-refractivity contribution >= 4 is 6.29 Å². The molecule has 4 nitrogen and oxygen atoms in total. The van der Waals surface area contributed by atoms with Crippen molar-refractivity contribution in [2.45, 2.75) is 37.2 Å². The SMILES string of the molecule is COc1ccc(C(CN(C)C)C2(O)CCCCC2C=O)cc1. The number of likely N-dealkylation sites (N-methyl/N-ethyl adjacent to an activating group) is 1. The van der Waals surface area contributed by atoms with Gasteiger partial charge in [0.15, 0.2) is 0 Å². The van der Waals surface area contributed by atoms with Crippen molar-refractivity contribution in [1.82, 2.24) is 4.90 Å². The summed E-state index contributed by atoms with van der Waals surface area (Å²) in [5, 5.41) is 11.3. The summed E-state index contributed by atoms with van der Waals surface area (Å²) < 4.78 is 5.21. The van der Waals surface area contributed by atoms with Gasteiger partial charge in [0.05, 0.1) is 12.7 Å². The number of methoxy groups -OCH3 is 1. The molecule has 2 rings (SSSR count). The van der Waals surface area contributed by atoms with E-state index in [9.17, 15) is 9.90 Å². The number of rotatable bonds is 6. The van der Waals surface area contributed by atoms with E-state index in [-0.39, 0.29) is 11.8 Å². The van der Waals surface area contributed by atoms with Crippen LogP contribution in [0.1, 0.15) is 37.2 Å². The largest absolute Gasteiger partial charge is 0.497 e. The summed E-state index contributed by atoms with van der Waals surface area (Å²) in [5.41, 5.74) is 0.101. The van der Waals surface area contributed by atoms with Crippen LogP contribution in [0.3, 0.4) is 0 Å². The van der Waals surface area contributed by atoms with Crippen LogP contribution in [0.5, 0.6) is 5.75 Å². The van der Waals surface area contributed by atoms with Crippen LogP contribution in [0.15, 0.2) is 24.3 Å². The Hall–Kier alpha value is -1.39. The van der Waals surface area contributed by atoms with E-state index in [2.05, 4.69) is 4.90 Å². The highest BCUT2D eigenvalue weighted by Crippen LogP contribution is 2.43. The molecule has 1 aliphatic carbocycles. The average molecular weight is 305 g/mol. The van der Waals surface area contributed by atoms with Gasteiger partial charge in [-0.15, -0.1) is 0 Å². The number of ether oxygens (including phenoxy) is 1. The first-order valence-corrected chi connectivity index (χ1v) is 7.97. The van der Waals surface area contributed by atoms with Gasteiger partial charge in [-0.25, -0.2) is 0 Å². The first-order chi connectivity index (χ1) is 10.5. The Labute approximate surface area is 133 Å². The third-order valence-electron chi connectivity index (χ3n) is 4.82. The summed E-state index contributed by atoms with van der Waals surface area (Å²) in [6.07, 6.45) is 4.40. The molecule has 3 atom stereocenters. The summed E-state index contributed by atoms with van der Waals surface area (Å²) >= 11 is 0. The van der Waals surface area contributed by atoms with Crippen LogP contribution < -0.4 is 4.74 Å². The molecule has 1 aliphatic rings. The lowest BCUT2D eigenvalue weighted by atomic mass is 9.66. The number of hydrogen-bond acceptors (Lipinski definition) is 4. The molecule has 4 heteroatoms. The Balaban J connectivity index is 2.36. The van der Waals surface area contributed by atoms with E-state index < -0.39 is 5.60 Å². The Morgan fingerprint density at radius 3 is 2.59 bits per heavy atom. The van der Waals surface area contributed by atoms with Crippen LogP contribution in [0.25, 0.3) is 0 Å². The van der Waals surface area contributed by atoms with Crippen LogP contribution in [-0.4, -0.2) is 49.6 Å². The third-order valence-corrected chi connectivity index (χ3v) is 4.82. The molecule has 0 bridgehead atoms. The molecular weight excluding hydrogens is 278 g/mol. The molecule has 0 radical (unpaired) electrons. The minimum atomic E-state index is -0.959. The van der Waals surface area contributed by atoms with Crippen molar-refractivity contribution < 1.29 is 14.6 Å². The molecule has 1 aromatic rings. The summed E-state index contributed by atoms with van der Waals surface area (Å²) in [6, 6.07) is 7.84. The van der Waals surface area contributed by atoms with E-state index in [1.165, 1.54) is 0 Å². The van der Waals surface area contributed by atoms with Gasteiger partial charge >= 0.3 is 0 Å². The van der Waals surface area contributed by atoms with Crippen LogP contribution in [0, 0.1) is 5.92 Å². The normalized spacial score (nSPS) is 26.7. The molecular formula is C18H27NO3. The molecule has 1 N–H and O–H groups in total. The van der Waals surface area contributed by atoms with E-state index in [4.69, 9.17) is 4.74 Å². The predicted octanol–water partition coefficient (Wildman–Crippen LogP) is 2.46. The fourth-order valence-electron chi connectivity index (χ4n) is 3.58. The fourth-order valence-corrected chi connectivity index (χ4v) is 3.58. The maximum Gasteiger partial charge on any atom is 0.125 e. The van der Waals surface area contributed by atoms with Crippen molar-refractivity contribution in [2.24, 2.45) is 5.92 Å². The van der Waals surface area contributed by atoms with E-state index in [1.54, 1.807) is 7.11 Å². The second-order valence-electron chi connectivity index (χ2n) is 6.57. The summed E-state index contributed by atoms with van der Waals surface area (Å²) in [7, 11) is 5.64. The highest BCUT2D eigenvalue weighted by molar-refractivity contribution is 5.57. The van der Waals surface area contributed by atoms with Gasteiger partial charge in [0.1, 0.15) is 12.0 Å². The fraction of sp³-hybridized carbons (Fsp3) is 0.611. The van der Waals surface area contributed by atoms with Crippen molar-refractivity contribution in [1.29, 1.82) is 0 Å². The molecule has 0 amide bonds. The minimum Gasteiger partial charge on any atom is -0.497 e. The van der Waals surface area contributed by atoms with Gasteiger partial charge in [-0.1, -0.05) is 25.0 Å². The quantitative estimate of drug-likeness (QED) is 0.820. The van der Waals surface area contributed by atoms with Gasteiger partial charge in [0.2, 0.25) is 0 Å². The lowest BCUT2D eigenvalue weighted by molar-refractivity contribution is -0.128. The van der Waals surface area contributed by atoms with Gasteiger partial charge in [0, 0.05) is 18.4 Å². The van der Waals surface area contributed by atoms with E-state index in [1.807, 2.05) is 38.4 Å². The minimum absolute atomic E-state index is 0.0797. The lowest BCUT2D eigenvalue weighted by Crippen LogP contribution is -2.49. The summed E-state index contributed by atoms with van der Waals surface area (Å²) in [5.74, 6) is 0.437. The first-order valence-electron chi connectivity index (χ1n) is 7.97. The monoisotopic (exact) mass is 305 g/mol. The first kappa shape index (κ1) is 17.0. The number of benzene rings is 1. The molecule has 1 saturated carbocycles. The summed E-state index contributed by atoms with van der Waals surface area (Å²) in [6.45, 7) is 0.715. The second kappa shape index (κ2) is 7.25. The predicted molar refractivity (Wildman–Crippen MR) is 87.3 cm³/mol. The molecule has 3 unspecified atom stereocenters. The van der Waals surface area contributed by atoms with Gasteiger partial charge in [0.25, 0.3) is 0 Å². The molecule has 1 fully saturated rings. The zero-order chi connectivity index (χ0) is 16.2. The number of nitrogens with zero attached hydrogens (tertiary/aromatic N) is 1. The second-order valence-corrected chi connectivity index (χ2v) is 6.57. The Morgan fingerprint density at radius 2 is 2.05 bits per heavy atom. The summed E-state index contributed by atoms with van der Waals surface area (Å²) in [4.78, 5) is 13.6. The molecule has 122 valence electrons. The molecule has 0 spiro atoms. The average Bonchev–Trinajstić information content (AvgIpc) is 2.53. The van der Waals surface area contributed by atoms with Gasteiger partial charge in [-0.2, -0.15) is 0 Å². The third kappa shape index (κ3) is 3.50. The number of aliphatic hydroxyl groups is 1. The van der Waals surface area contributed by atoms with E-state index in [0.717, 1.165) is 36.9 Å². The Kier molecular flexibility index (Phi) is 5.59. The van der Waals surface area contributed by atoms with Gasteiger partial charge in [-0.3, -0.25) is 0 Å². The molecule has 1 aromatic carbocycles.